The molecule has 1 N–H and O–H groups in total. The van der Waals surface area contributed by atoms with Crippen LogP contribution in [0.5, 0.6) is 5.88 Å². The summed E-state index contributed by atoms with van der Waals surface area (Å²) in [5, 5.41) is 3.34. The lowest BCUT2D eigenvalue weighted by atomic mass is 10.1. The van der Waals surface area contributed by atoms with Crippen molar-refractivity contribution in [3.63, 3.8) is 0 Å². The molecule has 0 radical (unpaired) electrons. The predicted octanol–water partition coefficient (Wildman–Crippen LogP) is 4.35. The maximum absolute atomic E-state index is 5.14. The molecule has 4 heteroatoms. The largest absolute Gasteiger partial charge is 0.481 e. The fourth-order valence-electron chi connectivity index (χ4n) is 2.21. The zero-order valence-electron chi connectivity index (χ0n) is 13.2. The summed E-state index contributed by atoms with van der Waals surface area (Å²) in [6.07, 6.45) is 10.7. The smallest absolute Gasteiger partial charge is 0.218 e. The second kappa shape index (κ2) is 10.5. The topological polar surface area (TPSA) is 47.0 Å². The fourth-order valence-corrected chi connectivity index (χ4v) is 2.21. The Morgan fingerprint density at radius 1 is 1.00 bits per heavy atom. The maximum atomic E-state index is 5.14. The predicted molar refractivity (Wildman–Crippen MR) is 84.4 cm³/mol. The number of unbranched alkanes of at least 4 members (excludes halogenated alkanes) is 7. The van der Waals surface area contributed by atoms with Gasteiger partial charge in [0.1, 0.15) is 11.6 Å². The molecule has 1 rings (SSSR count). The number of nitrogens with one attached hydrogen (secondary N) is 1. The lowest BCUT2D eigenvalue weighted by Gasteiger charge is -2.08. The van der Waals surface area contributed by atoms with E-state index >= 15 is 0 Å². The molecule has 1 heterocycles. The van der Waals surface area contributed by atoms with E-state index in [1.54, 1.807) is 7.11 Å². The van der Waals surface area contributed by atoms with E-state index in [4.69, 9.17) is 4.74 Å². The molecule has 0 saturated carbocycles. The minimum absolute atomic E-state index is 0.621. The highest BCUT2D eigenvalue weighted by atomic mass is 16.5. The van der Waals surface area contributed by atoms with E-state index < -0.39 is 0 Å². The van der Waals surface area contributed by atoms with Crippen LogP contribution >= 0.6 is 0 Å². The van der Waals surface area contributed by atoms with Crippen molar-refractivity contribution >= 4 is 5.82 Å². The Hall–Kier alpha value is -1.32. The zero-order chi connectivity index (χ0) is 14.6. The van der Waals surface area contributed by atoms with Gasteiger partial charge in [0.25, 0.3) is 0 Å². The molecule has 0 aliphatic heterocycles. The van der Waals surface area contributed by atoms with Gasteiger partial charge in [-0.3, -0.25) is 0 Å². The van der Waals surface area contributed by atoms with Crippen molar-refractivity contribution in [3.05, 3.63) is 11.9 Å². The number of rotatable bonds is 11. The van der Waals surface area contributed by atoms with Crippen molar-refractivity contribution in [2.24, 2.45) is 0 Å². The minimum Gasteiger partial charge on any atom is -0.481 e. The molecular formula is C16H29N3O. The molecule has 1 aromatic heterocycles. The number of hydrogen-bond donors (Lipinski definition) is 1. The SMILES string of the molecule is CCCCCCCCCCNc1cc(OC)nc(C)n1. The van der Waals surface area contributed by atoms with Crippen LogP contribution in [0, 0.1) is 6.92 Å². The van der Waals surface area contributed by atoms with E-state index in [2.05, 4.69) is 22.2 Å². The standard InChI is InChI=1S/C16H29N3O/c1-4-5-6-7-8-9-10-11-12-17-15-13-16(20-3)19-14(2)18-15/h13H,4-12H2,1-3H3,(H,17,18,19). The average Bonchev–Trinajstić information content (AvgIpc) is 2.45. The molecule has 0 saturated heterocycles. The number of methoxy groups -OCH3 is 1. The summed E-state index contributed by atoms with van der Waals surface area (Å²) >= 11 is 0. The molecule has 1 aromatic rings. The monoisotopic (exact) mass is 279 g/mol. The summed E-state index contributed by atoms with van der Waals surface area (Å²) in [5.41, 5.74) is 0. The van der Waals surface area contributed by atoms with Gasteiger partial charge in [0.05, 0.1) is 7.11 Å². The molecule has 4 nitrogen and oxygen atoms in total. The van der Waals surface area contributed by atoms with E-state index in [1.165, 1.54) is 51.4 Å². The van der Waals surface area contributed by atoms with Gasteiger partial charge in [-0.2, -0.15) is 4.98 Å². The van der Waals surface area contributed by atoms with Gasteiger partial charge in [0, 0.05) is 12.6 Å². The van der Waals surface area contributed by atoms with Crippen molar-refractivity contribution in [1.82, 2.24) is 9.97 Å². The van der Waals surface area contributed by atoms with Gasteiger partial charge in [-0.05, 0) is 13.3 Å². The van der Waals surface area contributed by atoms with Gasteiger partial charge in [0.2, 0.25) is 5.88 Å². The second-order valence-corrected chi connectivity index (χ2v) is 5.24. The van der Waals surface area contributed by atoms with E-state index in [9.17, 15) is 0 Å². The number of aromatic nitrogens is 2. The molecule has 20 heavy (non-hydrogen) atoms. The summed E-state index contributed by atoms with van der Waals surface area (Å²) in [6.45, 7) is 5.11. The Bertz CT molecular complexity index is 369. The third kappa shape index (κ3) is 7.31. The second-order valence-electron chi connectivity index (χ2n) is 5.24. The Morgan fingerprint density at radius 3 is 2.30 bits per heavy atom. The van der Waals surface area contributed by atoms with E-state index in [-0.39, 0.29) is 0 Å². The molecule has 0 amide bonds. The normalized spacial score (nSPS) is 10.6. The molecule has 0 aliphatic carbocycles. The van der Waals surface area contributed by atoms with E-state index in [0.717, 1.165) is 18.2 Å². The number of aryl methyl sites for hydroxylation is 1. The van der Waals surface area contributed by atoms with Crippen LogP contribution in [-0.2, 0) is 0 Å². The van der Waals surface area contributed by atoms with E-state index in [0.29, 0.717) is 5.88 Å². The molecule has 0 bridgehead atoms. The first-order valence-electron chi connectivity index (χ1n) is 7.89. The minimum atomic E-state index is 0.621. The van der Waals surface area contributed by atoms with Crippen molar-refractivity contribution in [2.45, 2.75) is 65.2 Å². The highest BCUT2D eigenvalue weighted by Gasteiger charge is 2.01. The Labute approximate surface area is 123 Å². The van der Waals surface area contributed by atoms with Gasteiger partial charge in [0.15, 0.2) is 0 Å². The van der Waals surface area contributed by atoms with Crippen LogP contribution in [0.25, 0.3) is 0 Å². The molecule has 0 atom stereocenters. The molecule has 114 valence electrons. The summed E-state index contributed by atoms with van der Waals surface area (Å²) < 4.78 is 5.14. The number of anilines is 1. The van der Waals surface area contributed by atoms with Gasteiger partial charge in [-0.25, -0.2) is 4.98 Å². The lowest BCUT2D eigenvalue weighted by Crippen LogP contribution is -2.05. The summed E-state index contributed by atoms with van der Waals surface area (Å²) in [5.74, 6) is 2.22. The molecular weight excluding hydrogens is 250 g/mol. The number of nitrogens with zero attached hydrogens (tertiary/aromatic N) is 2. The van der Waals surface area contributed by atoms with Crippen LogP contribution < -0.4 is 10.1 Å². The van der Waals surface area contributed by atoms with Crippen molar-refractivity contribution < 1.29 is 4.74 Å². The average molecular weight is 279 g/mol. The Kier molecular flexibility index (Phi) is 8.76. The first kappa shape index (κ1) is 16.7. The fraction of sp³-hybridized carbons (Fsp3) is 0.750. The van der Waals surface area contributed by atoms with Crippen LogP contribution in [0.1, 0.15) is 64.1 Å². The lowest BCUT2D eigenvalue weighted by molar-refractivity contribution is 0.396. The first-order valence-corrected chi connectivity index (χ1v) is 7.89. The van der Waals surface area contributed by atoms with Crippen molar-refractivity contribution in [1.29, 1.82) is 0 Å². The first-order chi connectivity index (χ1) is 9.76. The molecule has 0 spiro atoms. The van der Waals surface area contributed by atoms with E-state index in [1.807, 2.05) is 13.0 Å². The molecule has 0 aliphatic rings. The van der Waals surface area contributed by atoms with Crippen LogP contribution in [0.4, 0.5) is 5.82 Å². The molecule has 0 unspecified atom stereocenters. The van der Waals surface area contributed by atoms with Gasteiger partial charge < -0.3 is 10.1 Å². The number of hydrogen-bond acceptors (Lipinski definition) is 4. The van der Waals surface area contributed by atoms with Gasteiger partial charge in [-0.1, -0.05) is 51.9 Å². The highest BCUT2D eigenvalue weighted by molar-refractivity contribution is 5.38. The van der Waals surface area contributed by atoms with Crippen LogP contribution in [-0.4, -0.2) is 23.6 Å². The Balaban J connectivity index is 2.08. The third-order valence-electron chi connectivity index (χ3n) is 3.36. The third-order valence-corrected chi connectivity index (χ3v) is 3.36. The van der Waals surface area contributed by atoms with Gasteiger partial charge in [-0.15, -0.1) is 0 Å². The zero-order valence-corrected chi connectivity index (χ0v) is 13.2. The maximum Gasteiger partial charge on any atom is 0.218 e. The summed E-state index contributed by atoms with van der Waals surface area (Å²) in [7, 11) is 1.63. The summed E-state index contributed by atoms with van der Waals surface area (Å²) in [4.78, 5) is 8.52. The Morgan fingerprint density at radius 2 is 1.65 bits per heavy atom. The summed E-state index contributed by atoms with van der Waals surface area (Å²) in [6, 6.07) is 1.84. The quantitative estimate of drug-likeness (QED) is 0.612. The van der Waals surface area contributed by atoms with Crippen LogP contribution in [0.15, 0.2) is 6.07 Å². The van der Waals surface area contributed by atoms with Crippen LogP contribution in [0.3, 0.4) is 0 Å². The van der Waals surface area contributed by atoms with Crippen molar-refractivity contribution in [3.8, 4) is 5.88 Å². The van der Waals surface area contributed by atoms with Crippen molar-refractivity contribution in [2.75, 3.05) is 19.0 Å². The highest BCUT2D eigenvalue weighted by Crippen LogP contribution is 2.13. The molecule has 0 fully saturated rings. The number of ether oxygens (including phenoxy) is 1. The molecule has 0 aromatic carbocycles. The van der Waals surface area contributed by atoms with Crippen LogP contribution in [0.2, 0.25) is 0 Å². The van der Waals surface area contributed by atoms with Gasteiger partial charge >= 0.3 is 0 Å².